The summed E-state index contributed by atoms with van der Waals surface area (Å²) in [6.45, 7) is 0.811. The van der Waals surface area contributed by atoms with E-state index in [1.54, 1.807) is 12.1 Å². The van der Waals surface area contributed by atoms with Crippen molar-refractivity contribution in [2.45, 2.75) is 44.3 Å². The molecule has 4 heterocycles. The lowest BCUT2D eigenvalue weighted by Gasteiger charge is -2.37. The van der Waals surface area contributed by atoms with Gasteiger partial charge in [0.05, 0.1) is 5.54 Å². The van der Waals surface area contributed by atoms with Gasteiger partial charge >= 0.3 is 0 Å². The highest BCUT2D eigenvalue weighted by Gasteiger charge is 2.46. The van der Waals surface area contributed by atoms with Gasteiger partial charge in [-0.15, -0.1) is 0 Å². The third-order valence-electron chi connectivity index (χ3n) is 6.87. The van der Waals surface area contributed by atoms with Crippen LogP contribution in [0.2, 0.25) is 0 Å². The molecule has 2 aromatic rings. The van der Waals surface area contributed by atoms with E-state index in [1.807, 2.05) is 0 Å². The molecule has 1 aliphatic carbocycles. The van der Waals surface area contributed by atoms with Gasteiger partial charge in [0.1, 0.15) is 18.3 Å². The molecular formula is C23H26FN7O4. The van der Waals surface area contributed by atoms with Crippen molar-refractivity contribution in [3.8, 4) is 5.75 Å². The predicted molar refractivity (Wildman–Crippen MR) is 123 cm³/mol. The van der Waals surface area contributed by atoms with Gasteiger partial charge in [0.25, 0.3) is 17.4 Å². The van der Waals surface area contributed by atoms with Crippen LogP contribution in [0.15, 0.2) is 34.2 Å². The molecule has 12 heteroatoms. The first-order valence-corrected chi connectivity index (χ1v) is 11.5. The van der Waals surface area contributed by atoms with E-state index in [-0.39, 0.29) is 24.1 Å². The molecule has 1 saturated carbocycles. The number of aromatic nitrogens is 2. The number of aromatic hydroxyl groups is 1. The summed E-state index contributed by atoms with van der Waals surface area (Å²) in [5.74, 6) is -1.68. The monoisotopic (exact) mass is 483 g/mol. The number of carbonyl (C=O) groups is 2. The normalized spacial score (nSPS) is 22.6. The SMILES string of the molecule is CN1CNC(C(=O)NC23CCC(CC2)Cn2c3nc(C(=O)NCc3ccc(F)cc3)c(O)c2=O)=N1. The van der Waals surface area contributed by atoms with Crippen LogP contribution in [0.1, 0.15) is 47.6 Å². The summed E-state index contributed by atoms with van der Waals surface area (Å²) in [5, 5.41) is 24.9. The quantitative estimate of drug-likeness (QED) is 0.481. The number of hydrogen-bond acceptors (Lipinski definition) is 8. The lowest BCUT2D eigenvalue weighted by Crippen LogP contribution is -2.53. The van der Waals surface area contributed by atoms with Crippen LogP contribution in [0.4, 0.5) is 4.39 Å². The molecule has 184 valence electrons. The standard InChI is InChI=1S/C23H26FN7O4/c1-30-12-26-18(29-30)20(34)28-23-8-6-14(7-9-23)11-31-21(35)17(32)16(27-22(23)31)19(33)25-10-13-2-4-15(24)5-3-13/h2-5,14,32H,6-12H2,1H3,(H,25,33)(H,26,29)(H,28,34). The summed E-state index contributed by atoms with van der Waals surface area (Å²) < 4.78 is 14.5. The van der Waals surface area contributed by atoms with Crippen LogP contribution in [0.5, 0.6) is 5.75 Å². The minimum Gasteiger partial charge on any atom is -0.501 e. The van der Waals surface area contributed by atoms with Crippen molar-refractivity contribution < 1.29 is 19.1 Å². The Kier molecular flexibility index (Phi) is 5.65. The van der Waals surface area contributed by atoms with E-state index in [0.29, 0.717) is 31.6 Å². The Morgan fingerprint density at radius 3 is 2.60 bits per heavy atom. The Morgan fingerprint density at radius 2 is 1.94 bits per heavy atom. The molecule has 2 amide bonds. The van der Waals surface area contributed by atoms with Crippen molar-refractivity contribution in [2.24, 2.45) is 11.0 Å². The zero-order valence-electron chi connectivity index (χ0n) is 19.2. The third-order valence-corrected chi connectivity index (χ3v) is 6.87. The van der Waals surface area contributed by atoms with Gasteiger partial charge < -0.3 is 21.1 Å². The molecule has 35 heavy (non-hydrogen) atoms. The van der Waals surface area contributed by atoms with E-state index in [9.17, 15) is 23.9 Å². The van der Waals surface area contributed by atoms with Gasteiger partial charge in [-0.25, -0.2) is 9.37 Å². The Balaban J connectivity index is 1.48. The van der Waals surface area contributed by atoms with Crippen molar-refractivity contribution >= 4 is 17.6 Å². The van der Waals surface area contributed by atoms with E-state index < -0.39 is 40.2 Å². The second kappa shape index (κ2) is 8.67. The summed E-state index contributed by atoms with van der Waals surface area (Å²) in [5.41, 5.74) is -1.46. The second-order valence-corrected chi connectivity index (χ2v) is 9.28. The zero-order chi connectivity index (χ0) is 24.7. The van der Waals surface area contributed by atoms with Gasteiger partial charge in [0.15, 0.2) is 5.69 Å². The fourth-order valence-corrected chi connectivity index (χ4v) is 4.95. The first kappa shape index (κ1) is 22.8. The number of hydrogen-bond donors (Lipinski definition) is 4. The molecule has 2 bridgehead atoms. The first-order chi connectivity index (χ1) is 16.8. The molecule has 1 fully saturated rings. The van der Waals surface area contributed by atoms with Crippen LogP contribution >= 0.6 is 0 Å². The number of fused-ring (bicyclic) bond motifs is 2. The summed E-state index contributed by atoms with van der Waals surface area (Å²) in [7, 11) is 1.73. The van der Waals surface area contributed by atoms with E-state index >= 15 is 0 Å². The molecule has 0 unspecified atom stereocenters. The Bertz CT molecular complexity index is 1270. The van der Waals surface area contributed by atoms with Gasteiger partial charge in [-0.1, -0.05) is 12.1 Å². The molecule has 3 aliphatic heterocycles. The third kappa shape index (κ3) is 4.19. The number of rotatable bonds is 5. The van der Waals surface area contributed by atoms with Gasteiger partial charge in [-0.3, -0.25) is 24.0 Å². The Hall–Kier alpha value is -3.96. The molecule has 1 aromatic carbocycles. The largest absolute Gasteiger partial charge is 0.501 e. The molecule has 0 atom stereocenters. The molecule has 11 nitrogen and oxygen atoms in total. The number of amides is 2. The van der Waals surface area contributed by atoms with Crippen molar-refractivity contribution in [1.82, 2.24) is 30.5 Å². The average molecular weight is 484 g/mol. The summed E-state index contributed by atoms with van der Waals surface area (Å²) in [6.07, 6.45) is 2.60. The molecular weight excluding hydrogens is 457 g/mol. The smallest absolute Gasteiger partial charge is 0.296 e. The Morgan fingerprint density at radius 1 is 1.23 bits per heavy atom. The van der Waals surface area contributed by atoms with Crippen LogP contribution in [0, 0.1) is 11.7 Å². The second-order valence-electron chi connectivity index (χ2n) is 9.28. The highest BCUT2D eigenvalue weighted by Crippen LogP contribution is 2.42. The number of carbonyl (C=O) groups excluding carboxylic acids is 2. The van der Waals surface area contributed by atoms with E-state index in [1.165, 1.54) is 28.8 Å². The first-order valence-electron chi connectivity index (χ1n) is 11.5. The van der Waals surface area contributed by atoms with Gasteiger partial charge in [-0.2, -0.15) is 5.10 Å². The molecule has 6 rings (SSSR count). The minimum absolute atomic E-state index is 0.0572. The van der Waals surface area contributed by atoms with Crippen molar-refractivity contribution in [3.05, 3.63) is 57.5 Å². The van der Waals surface area contributed by atoms with Crippen LogP contribution in [-0.2, 0) is 23.4 Å². The molecule has 0 radical (unpaired) electrons. The van der Waals surface area contributed by atoms with Gasteiger partial charge in [0, 0.05) is 20.1 Å². The van der Waals surface area contributed by atoms with Crippen LogP contribution in [0.3, 0.4) is 0 Å². The van der Waals surface area contributed by atoms with E-state index in [2.05, 4.69) is 26.0 Å². The molecule has 1 aromatic heterocycles. The van der Waals surface area contributed by atoms with E-state index in [0.717, 1.165) is 12.8 Å². The average Bonchev–Trinajstić information content (AvgIpc) is 3.16. The Labute approximate surface area is 200 Å². The highest BCUT2D eigenvalue weighted by atomic mass is 19.1. The number of halogens is 1. The van der Waals surface area contributed by atoms with Crippen molar-refractivity contribution in [1.29, 1.82) is 0 Å². The number of benzene rings is 1. The molecule has 4 aliphatic rings. The van der Waals surface area contributed by atoms with E-state index in [4.69, 9.17) is 0 Å². The maximum Gasteiger partial charge on any atom is 0.296 e. The maximum absolute atomic E-state index is 13.1. The highest BCUT2D eigenvalue weighted by molar-refractivity contribution is 6.38. The van der Waals surface area contributed by atoms with Crippen molar-refractivity contribution in [2.75, 3.05) is 13.7 Å². The fraction of sp³-hybridized carbons (Fsp3) is 0.435. The molecule has 0 spiro atoms. The number of hydrazone groups is 1. The zero-order valence-corrected chi connectivity index (χ0v) is 19.2. The van der Waals surface area contributed by atoms with Gasteiger partial charge in [0.2, 0.25) is 11.6 Å². The summed E-state index contributed by atoms with van der Waals surface area (Å²) in [4.78, 5) is 43.6. The molecule has 0 saturated heterocycles. The fourth-order valence-electron chi connectivity index (χ4n) is 4.95. The minimum atomic E-state index is -0.978. The number of nitrogens with one attached hydrogen (secondary N) is 3. The lowest BCUT2D eigenvalue weighted by molar-refractivity contribution is -0.117. The predicted octanol–water partition coefficient (Wildman–Crippen LogP) is 0.339. The number of amidine groups is 1. The number of nitrogens with zero attached hydrogens (tertiary/aromatic N) is 4. The van der Waals surface area contributed by atoms with Crippen LogP contribution in [-0.4, -0.2) is 51.0 Å². The van der Waals surface area contributed by atoms with Crippen molar-refractivity contribution in [3.63, 3.8) is 0 Å². The maximum atomic E-state index is 13.1. The topological polar surface area (TPSA) is 141 Å². The summed E-state index contributed by atoms with van der Waals surface area (Å²) in [6, 6.07) is 5.59. The van der Waals surface area contributed by atoms with Gasteiger partial charge in [-0.05, 0) is 49.3 Å². The summed E-state index contributed by atoms with van der Waals surface area (Å²) >= 11 is 0. The molecule has 4 N–H and O–H groups in total. The van der Waals surface area contributed by atoms with Crippen LogP contribution in [0.25, 0.3) is 0 Å². The van der Waals surface area contributed by atoms with Crippen LogP contribution < -0.4 is 21.5 Å². The lowest BCUT2D eigenvalue weighted by atomic mass is 9.77.